The maximum Gasteiger partial charge on any atom is 0.265 e. The molecule has 0 saturated heterocycles. The second-order valence-corrected chi connectivity index (χ2v) is 7.60. The van der Waals surface area contributed by atoms with Crippen LogP contribution in [0.2, 0.25) is 5.02 Å². The summed E-state index contributed by atoms with van der Waals surface area (Å²) in [5, 5.41) is 4.11. The molecule has 3 aromatic carbocycles. The first-order valence-electron chi connectivity index (χ1n) is 9.73. The third-order valence-electron chi connectivity index (χ3n) is 5.16. The number of amides is 1. The van der Waals surface area contributed by atoms with E-state index in [9.17, 15) is 4.79 Å². The molecule has 0 saturated carbocycles. The summed E-state index contributed by atoms with van der Waals surface area (Å²) in [7, 11) is 0. The van der Waals surface area contributed by atoms with Crippen molar-refractivity contribution >= 4 is 28.9 Å². The minimum Gasteiger partial charge on any atom is -0.482 e. The number of ether oxygens (including phenoxy) is 1. The number of halogens is 1. The monoisotopic (exact) mass is 406 g/mol. The second kappa shape index (κ2) is 8.58. The fourth-order valence-electron chi connectivity index (χ4n) is 3.84. The minimum atomic E-state index is -0.0805. The molecule has 0 fully saturated rings. The molecule has 2 atom stereocenters. The van der Waals surface area contributed by atoms with Crippen LogP contribution in [0.5, 0.6) is 5.75 Å². The first kappa shape index (κ1) is 19.3. The zero-order valence-corrected chi connectivity index (χ0v) is 17.0. The van der Waals surface area contributed by atoms with Gasteiger partial charge in [0.05, 0.1) is 11.1 Å². The van der Waals surface area contributed by atoms with Crippen LogP contribution < -0.4 is 15.0 Å². The summed E-state index contributed by atoms with van der Waals surface area (Å²) in [6.45, 7) is 2.02. The molecule has 1 aliphatic heterocycles. The largest absolute Gasteiger partial charge is 0.482 e. The Bertz CT molecular complexity index is 993. The summed E-state index contributed by atoms with van der Waals surface area (Å²) >= 11 is 6.14. The molecule has 0 radical (unpaired) electrons. The molecule has 0 unspecified atom stereocenters. The quantitative estimate of drug-likeness (QED) is 0.591. The van der Waals surface area contributed by atoms with E-state index in [0.29, 0.717) is 10.8 Å². The predicted molar refractivity (Wildman–Crippen MR) is 118 cm³/mol. The van der Waals surface area contributed by atoms with Gasteiger partial charge in [0, 0.05) is 17.4 Å². The number of anilines is 2. The summed E-state index contributed by atoms with van der Waals surface area (Å²) in [6, 6.07) is 25.6. The molecule has 1 amide bonds. The summed E-state index contributed by atoms with van der Waals surface area (Å²) in [6.07, 6.45) is 0.809. The number of hydrogen-bond donors (Lipinski definition) is 1. The van der Waals surface area contributed by atoms with Gasteiger partial charge in [0.25, 0.3) is 5.91 Å². The zero-order valence-electron chi connectivity index (χ0n) is 16.2. The molecule has 5 heteroatoms. The number of nitrogens with one attached hydrogen (secondary N) is 1. The van der Waals surface area contributed by atoms with Crippen molar-refractivity contribution in [1.82, 2.24) is 0 Å². The fraction of sp³-hybridized carbons (Fsp3) is 0.208. The van der Waals surface area contributed by atoms with Crippen LogP contribution in [-0.4, -0.2) is 18.6 Å². The number of carbonyl (C=O) groups is 1. The minimum absolute atomic E-state index is 0.0356. The fourth-order valence-corrected chi connectivity index (χ4v) is 4.03. The number of para-hydroxylation sites is 3. The summed E-state index contributed by atoms with van der Waals surface area (Å²) in [4.78, 5) is 14.9. The van der Waals surface area contributed by atoms with Gasteiger partial charge in [-0.2, -0.15) is 0 Å². The molecule has 4 rings (SSSR count). The Hall–Kier alpha value is -2.98. The highest BCUT2D eigenvalue weighted by atomic mass is 35.5. The van der Waals surface area contributed by atoms with E-state index in [2.05, 4.69) is 30.4 Å². The van der Waals surface area contributed by atoms with Crippen LogP contribution in [0.1, 0.15) is 24.9 Å². The third kappa shape index (κ3) is 4.22. The van der Waals surface area contributed by atoms with Gasteiger partial charge in [-0.1, -0.05) is 60.1 Å². The summed E-state index contributed by atoms with van der Waals surface area (Å²) in [5.41, 5.74) is 3.11. The first-order chi connectivity index (χ1) is 14.1. The van der Waals surface area contributed by atoms with Gasteiger partial charge in [-0.25, -0.2) is 0 Å². The Morgan fingerprint density at radius 2 is 1.72 bits per heavy atom. The number of carbonyl (C=O) groups excluding carboxylic acids is 1. The molecule has 0 spiro atoms. The number of benzene rings is 3. The van der Waals surface area contributed by atoms with Crippen molar-refractivity contribution in [1.29, 1.82) is 0 Å². The maximum absolute atomic E-state index is 13.1. The molecule has 29 heavy (non-hydrogen) atoms. The number of rotatable bonds is 5. The highest BCUT2D eigenvalue weighted by Crippen LogP contribution is 2.39. The average molecular weight is 407 g/mol. The Morgan fingerprint density at radius 3 is 2.52 bits per heavy atom. The normalized spacial score (nSPS) is 18.1. The van der Waals surface area contributed by atoms with Crippen molar-refractivity contribution in [2.75, 3.05) is 16.8 Å². The molecule has 3 aromatic rings. The molecule has 0 bridgehead atoms. The van der Waals surface area contributed by atoms with Crippen LogP contribution in [0.3, 0.4) is 0 Å². The first-order valence-corrected chi connectivity index (χ1v) is 10.1. The molecule has 4 nitrogen and oxygen atoms in total. The van der Waals surface area contributed by atoms with Crippen LogP contribution in [-0.2, 0) is 4.79 Å². The Morgan fingerprint density at radius 1 is 1.03 bits per heavy atom. The van der Waals surface area contributed by atoms with Gasteiger partial charge < -0.3 is 15.0 Å². The predicted octanol–water partition coefficient (Wildman–Crippen LogP) is 5.70. The van der Waals surface area contributed by atoms with E-state index in [4.69, 9.17) is 16.3 Å². The lowest BCUT2D eigenvalue weighted by Gasteiger charge is -2.40. The molecule has 0 aliphatic carbocycles. The lowest BCUT2D eigenvalue weighted by atomic mass is 9.91. The molecule has 1 heterocycles. The molecule has 0 aromatic heterocycles. The smallest absolute Gasteiger partial charge is 0.265 e. The molecule has 148 valence electrons. The highest BCUT2D eigenvalue weighted by molar-refractivity contribution is 6.32. The van der Waals surface area contributed by atoms with Crippen molar-refractivity contribution in [2.45, 2.75) is 25.4 Å². The van der Waals surface area contributed by atoms with E-state index >= 15 is 0 Å². The second-order valence-electron chi connectivity index (χ2n) is 7.19. The van der Waals surface area contributed by atoms with E-state index < -0.39 is 0 Å². The lowest BCUT2D eigenvalue weighted by Crippen LogP contribution is -2.46. The topological polar surface area (TPSA) is 41.6 Å². The van der Waals surface area contributed by atoms with Gasteiger partial charge in [-0.05, 0) is 49.2 Å². The Balaban J connectivity index is 1.55. The standard InChI is InChI=1S/C24H23ClN2O2/c1-17-15-21(26-18-9-3-2-4-10-18)19-11-5-7-13-22(19)27(17)24(28)16-29-23-14-8-6-12-20(23)25/h2-14,17,21,26H,15-16H2,1H3/t17-,21+/m1/s1. The van der Waals surface area contributed by atoms with Crippen LogP contribution in [0.4, 0.5) is 11.4 Å². The number of hydrogen-bond acceptors (Lipinski definition) is 3. The molecular weight excluding hydrogens is 384 g/mol. The highest BCUT2D eigenvalue weighted by Gasteiger charge is 2.33. The Kier molecular flexibility index (Phi) is 5.72. The van der Waals surface area contributed by atoms with Gasteiger partial charge >= 0.3 is 0 Å². The lowest BCUT2D eigenvalue weighted by molar-refractivity contribution is -0.121. The van der Waals surface area contributed by atoms with Crippen molar-refractivity contribution in [3.8, 4) is 5.75 Å². The van der Waals surface area contributed by atoms with Gasteiger partial charge in [0.15, 0.2) is 6.61 Å². The van der Waals surface area contributed by atoms with E-state index in [1.165, 1.54) is 0 Å². The van der Waals surface area contributed by atoms with Crippen LogP contribution in [0, 0.1) is 0 Å². The maximum atomic E-state index is 13.1. The van der Waals surface area contributed by atoms with Gasteiger partial charge in [0.2, 0.25) is 0 Å². The van der Waals surface area contributed by atoms with E-state index in [-0.39, 0.29) is 24.6 Å². The van der Waals surface area contributed by atoms with Crippen LogP contribution in [0.15, 0.2) is 78.9 Å². The SMILES string of the molecule is C[C@@H]1C[C@H](Nc2ccccc2)c2ccccc2N1C(=O)COc1ccccc1Cl. The number of nitrogens with zero attached hydrogens (tertiary/aromatic N) is 1. The van der Waals surface area contributed by atoms with Crippen molar-refractivity contribution < 1.29 is 9.53 Å². The van der Waals surface area contributed by atoms with Gasteiger partial charge in [-0.3, -0.25) is 4.79 Å². The molecule has 1 N–H and O–H groups in total. The summed E-state index contributed by atoms with van der Waals surface area (Å²) < 4.78 is 5.70. The van der Waals surface area contributed by atoms with Crippen molar-refractivity contribution in [3.05, 3.63) is 89.4 Å². The Labute approximate surface area is 176 Å². The van der Waals surface area contributed by atoms with Crippen molar-refractivity contribution in [2.24, 2.45) is 0 Å². The van der Waals surface area contributed by atoms with Crippen LogP contribution in [0.25, 0.3) is 0 Å². The zero-order chi connectivity index (χ0) is 20.2. The molecular formula is C24H23ClN2O2. The number of fused-ring (bicyclic) bond motifs is 1. The summed E-state index contributed by atoms with van der Waals surface area (Å²) in [5.74, 6) is 0.437. The molecule has 1 aliphatic rings. The van der Waals surface area contributed by atoms with Gasteiger partial charge in [-0.15, -0.1) is 0 Å². The van der Waals surface area contributed by atoms with Crippen LogP contribution >= 0.6 is 11.6 Å². The third-order valence-corrected chi connectivity index (χ3v) is 5.47. The van der Waals surface area contributed by atoms with E-state index in [0.717, 1.165) is 23.4 Å². The van der Waals surface area contributed by atoms with Gasteiger partial charge in [0.1, 0.15) is 5.75 Å². The van der Waals surface area contributed by atoms with E-state index in [1.54, 1.807) is 12.1 Å². The average Bonchev–Trinajstić information content (AvgIpc) is 2.74. The van der Waals surface area contributed by atoms with Crippen molar-refractivity contribution in [3.63, 3.8) is 0 Å². The van der Waals surface area contributed by atoms with E-state index in [1.807, 2.05) is 53.4 Å².